The molecule has 2 atom stereocenters. The van der Waals surface area contributed by atoms with Crippen molar-refractivity contribution < 1.29 is 18.0 Å². The Morgan fingerprint density at radius 1 is 1.16 bits per heavy atom. The molecule has 0 aromatic carbocycles. The van der Waals surface area contributed by atoms with Crippen LogP contribution in [0.4, 0.5) is 13.2 Å². The smallest absolute Gasteiger partial charge is 0.338 e. The van der Waals surface area contributed by atoms with E-state index in [0.717, 1.165) is 38.8 Å². The van der Waals surface area contributed by atoms with Gasteiger partial charge in [-0.3, -0.25) is 9.69 Å². The van der Waals surface area contributed by atoms with Gasteiger partial charge in [-0.25, -0.2) is 0 Å². The third kappa shape index (κ3) is 3.41. The molecule has 0 aliphatic carbocycles. The predicted octanol–water partition coefficient (Wildman–Crippen LogP) is 2.41. The molecule has 0 aromatic rings. The topological polar surface area (TPSA) is 23.6 Å². The summed E-state index contributed by atoms with van der Waals surface area (Å²) in [4.78, 5) is 15.6. The summed E-state index contributed by atoms with van der Waals surface area (Å²) in [6.07, 6.45) is -1.98. The molecule has 110 valence electrons. The van der Waals surface area contributed by atoms with Gasteiger partial charge in [0.2, 0.25) is 5.91 Å². The molecular formula is C13H21F3N2O. The molecule has 0 bridgehead atoms. The number of likely N-dealkylation sites (N-methyl/N-ethyl adjacent to an activating group) is 1. The number of carbonyl (C=O) groups is 1. The van der Waals surface area contributed by atoms with Gasteiger partial charge in [0.1, 0.15) is 6.42 Å². The quantitative estimate of drug-likeness (QED) is 0.791. The molecule has 3 nitrogen and oxygen atoms in total. The molecule has 0 unspecified atom stereocenters. The number of halogens is 3. The maximum Gasteiger partial charge on any atom is 0.397 e. The molecule has 2 aliphatic rings. The number of carbonyl (C=O) groups excluding carboxylic acids is 1. The van der Waals surface area contributed by atoms with E-state index in [1.54, 1.807) is 0 Å². The van der Waals surface area contributed by atoms with Crippen LogP contribution in [-0.2, 0) is 4.79 Å². The van der Waals surface area contributed by atoms with Crippen molar-refractivity contribution in [2.45, 2.75) is 57.3 Å². The summed E-state index contributed by atoms with van der Waals surface area (Å²) in [5.41, 5.74) is 0. The van der Waals surface area contributed by atoms with Gasteiger partial charge >= 0.3 is 6.18 Å². The standard InChI is InChI=1S/C13H21F3N2O/c1-2-17-7-3-5-10(17)11-6-4-8-18(11)12(19)9-13(14,15)16/h10-11H,2-9H2,1H3/t10-,11-/m0/s1. The van der Waals surface area contributed by atoms with Crippen LogP contribution in [0.2, 0.25) is 0 Å². The van der Waals surface area contributed by atoms with Gasteiger partial charge in [0, 0.05) is 18.6 Å². The number of hydrogen-bond donors (Lipinski definition) is 0. The van der Waals surface area contributed by atoms with E-state index in [1.165, 1.54) is 4.90 Å². The molecule has 0 saturated carbocycles. The minimum absolute atomic E-state index is 0.0164. The van der Waals surface area contributed by atoms with Crippen molar-refractivity contribution in [3.05, 3.63) is 0 Å². The first kappa shape index (κ1) is 14.6. The summed E-state index contributed by atoms with van der Waals surface area (Å²) in [6, 6.07) is 0.238. The second kappa shape index (κ2) is 5.69. The maximum absolute atomic E-state index is 12.3. The van der Waals surface area contributed by atoms with Gasteiger partial charge in [-0.2, -0.15) is 13.2 Å². The zero-order valence-electron chi connectivity index (χ0n) is 11.2. The number of hydrogen-bond acceptors (Lipinski definition) is 2. The van der Waals surface area contributed by atoms with E-state index >= 15 is 0 Å². The lowest BCUT2D eigenvalue weighted by Crippen LogP contribution is -2.48. The highest BCUT2D eigenvalue weighted by Crippen LogP contribution is 2.31. The monoisotopic (exact) mass is 278 g/mol. The zero-order chi connectivity index (χ0) is 14.0. The Morgan fingerprint density at radius 3 is 2.42 bits per heavy atom. The molecule has 19 heavy (non-hydrogen) atoms. The molecule has 2 saturated heterocycles. The maximum atomic E-state index is 12.3. The molecule has 2 heterocycles. The van der Waals surface area contributed by atoms with E-state index in [-0.39, 0.29) is 12.1 Å². The van der Waals surface area contributed by atoms with Crippen LogP contribution in [0.25, 0.3) is 0 Å². The number of likely N-dealkylation sites (tertiary alicyclic amines) is 2. The van der Waals surface area contributed by atoms with E-state index in [1.807, 2.05) is 0 Å². The Kier molecular flexibility index (Phi) is 4.38. The Labute approximate surface area is 111 Å². The number of nitrogens with zero attached hydrogens (tertiary/aromatic N) is 2. The van der Waals surface area contributed by atoms with Crippen molar-refractivity contribution in [2.75, 3.05) is 19.6 Å². The highest BCUT2D eigenvalue weighted by atomic mass is 19.4. The lowest BCUT2D eigenvalue weighted by Gasteiger charge is -2.34. The normalized spacial score (nSPS) is 29.2. The van der Waals surface area contributed by atoms with Gasteiger partial charge in [0.25, 0.3) is 0 Å². The van der Waals surface area contributed by atoms with Crippen LogP contribution in [0.15, 0.2) is 0 Å². The van der Waals surface area contributed by atoms with Crippen molar-refractivity contribution in [2.24, 2.45) is 0 Å². The number of alkyl halides is 3. The highest BCUT2D eigenvalue weighted by molar-refractivity contribution is 5.77. The van der Waals surface area contributed by atoms with Crippen molar-refractivity contribution in [1.29, 1.82) is 0 Å². The van der Waals surface area contributed by atoms with Crippen LogP contribution in [-0.4, -0.2) is 53.6 Å². The van der Waals surface area contributed by atoms with Crippen LogP contribution in [0.3, 0.4) is 0 Å². The van der Waals surface area contributed by atoms with Crippen LogP contribution in [0.5, 0.6) is 0 Å². The van der Waals surface area contributed by atoms with E-state index in [0.29, 0.717) is 6.54 Å². The molecule has 0 N–H and O–H groups in total. The van der Waals surface area contributed by atoms with Crippen LogP contribution in [0.1, 0.15) is 39.0 Å². The van der Waals surface area contributed by atoms with Crippen molar-refractivity contribution in [3.63, 3.8) is 0 Å². The van der Waals surface area contributed by atoms with E-state index < -0.39 is 18.5 Å². The van der Waals surface area contributed by atoms with Gasteiger partial charge in [0.15, 0.2) is 0 Å². The molecule has 0 aromatic heterocycles. The summed E-state index contributed by atoms with van der Waals surface area (Å²) in [7, 11) is 0. The largest absolute Gasteiger partial charge is 0.397 e. The molecule has 6 heteroatoms. The second-order valence-electron chi connectivity index (χ2n) is 5.43. The summed E-state index contributed by atoms with van der Waals surface area (Å²) in [5, 5.41) is 0. The Hall–Kier alpha value is -0.780. The molecule has 2 rings (SSSR count). The molecule has 0 radical (unpaired) electrons. The number of amides is 1. The lowest BCUT2D eigenvalue weighted by molar-refractivity contribution is -0.162. The van der Waals surface area contributed by atoms with Crippen molar-refractivity contribution in [1.82, 2.24) is 9.80 Å². The fourth-order valence-electron chi connectivity index (χ4n) is 3.46. The van der Waals surface area contributed by atoms with Crippen LogP contribution in [0, 0.1) is 0 Å². The molecule has 2 fully saturated rings. The van der Waals surface area contributed by atoms with Crippen LogP contribution >= 0.6 is 0 Å². The number of rotatable bonds is 3. The average Bonchev–Trinajstić information content (AvgIpc) is 2.94. The first-order valence-electron chi connectivity index (χ1n) is 7.02. The Morgan fingerprint density at radius 2 is 1.79 bits per heavy atom. The Balaban J connectivity index is 2.02. The highest BCUT2D eigenvalue weighted by Gasteiger charge is 2.42. The van der Waals surface area contributed by atoms with Gasteiger partial charge in [-0.05, 0) is 38.8 Å². The van der Waals surface area contributed by atoms with Crippen molar-refractivity contribution >= 4 is 5.91 Å². The molecule has 1 amide bonds. The van der Waals surface area contributed by atoms with Gasteiger partial charge in [-0.1, -0.05) is 6.92 Å². The zero-order valence-corrected chi connectivity index (χ0v) is 11.2. The van der Waals surface area contributed by atoms with E-state index in [4.69, 9.17) is 0 Å². The van der Waals surface area contributed by atoms with Crippen LogP contribution < -0.4 is 0 Å². The predicted molar refractivity (Wildman–Crippen MR) is 65.7 cm³/mol. The molecule has 2 aliphatic heterocycles. The summed E-state index contributed by atoms with van der Waals surface area (Å²) < 4.78 is 37.0. The minimum Gasteiger partial charge on any atom is -0.338 e. The first-order chi connectivity index (χ1) is 8.92. The van der Waals surface area contributed by atoms with Gasteiger partial charge in [-0.15, -0.1) is 0 Å². The summed E-state index contributed by atoms with van der Waals surface area (Å²) >= 11 is 0. The second-order valence-corrected chi connectivity index (χ2v) is 5.43. The van der Waals surface area contributed by atoms with E-state index in [9.17, 15) is 18.0 Å². The third-order valence-corrected chi connectivity index (χ3v) is 4.24. The summed E-state index contributed by atoms with van der Waals surface area (Å²) in [6.45, 7) is 4.45. The fourth-order valence-corrected chi connectivity index (χ4v) is 3.46. The average molecular weight is 278 g/mol. The SMILES string of the molecule is CCN1CCC[C@H]1[C@@H]1CCCN1C(=O)CC(F)(F)F. The molecule has 0 spiro atoms. The van der Waals surface area contributed by atoms with E-state index in [2.05, 4.69) is 11.8 Å². The molecular weight excluding hydrogens is 257 g/mol. The lowest BCUT2D eigenvalue weighted by atomic mass is 10.0. The third-order valence-electron chi connectivity index (χ3n) is 4.24. The fraction of sp³-hybridized carbons (Fsp3) is 0.923. The first-order valence-corrected chi connectivity index (χ1v) is 7.02. The van der Waals surface area contributed by atoms with Gasteiger partial charge in [0.05, 0.1) is 0 Å². The minimum atomic E-state index is -4.40. The van der Waals surface area contributed by atoms with Gasteiger partial charge < -0.3 is 4.90 Å². The summed E-state index contributed by atoms with van der Waals surface area (Å²) in [5.74, 6) is -0.752. The van der Waals surface area contributed by atoms with Crippen molar-refractivity contribution in [3.8, 4) is 0 Å². The Bertz CT molecular complexity index is 332.